The van der Waals surface area contributed by atoms with Gasteiger partial charge >= 0.3 is 0 Å². The fourth-order valence-electron chi connectivity index (χ4n) is 0.663. The van der Waals surface area contributed by atoms with Crippen LogP contribution in [-0.4, -0.2) is 0 Å². The SMILES string of the molecule is CCCCCC=C(N)N. The van der Waals surface area contributed by atoms with E-state index in [4.69, 9.17) is 11.5 Å². The molecule has 0 unspecified atom stereocenters. The third kappa shape index (κ3) is 7.34. The Morgan fingerprint density at radius 3 is 2.44 bits per heavy atom. The summed E-state index contributed by atoms with van der Waals surface area (Å²) in [5, 5.41) is 0. The van der Waals surface area contributed by atoms with Gasteiger partial charge in [0.15, 0.2) is 0 Å². The van der Waals surface area contributed by atoms with Crippen molar-refractivity contribution >= 4 is 0 Å². The maximum atomic E-state index is 5.21. The number of nitrogens with two attached hydrogens (primary N) is 2. The Morgan fingerprint density at radius 2 is 2.00 bits per heavy atom. The highest BCUT2D eigenvalue weighted by Crippen LogP contribution is 1.98. The summed E-state index contributed by atoms with van der Waals surface area (Å²) in [7, 11) is 0. The van der Waals surface area contributed by atoms with Gasteiger partial charge in [0.05, 0.1) is 5.82 Å². The highest BCUT2D eigenvalue weighted by Gasteiger charge is 1.82. The summed E-state index contributed by atoms with van der Waals surface area (Å²) in [5.74, 6) is 0.450. The monoisotopic (exact) mass is 128 g/mol. The molecule has 0 spiro atoms. The van der Waals surface area contributed by atoms with Crippen LogP contribution in [0.2, 0.25) is 0 Å². The zero-order valence-corrected chi connectivity index (χ0v) is 6.06. The molecule has 0 atom stereocenters. The summed E-state index contributed by atoms with van der Waals surface area (Å²) < 4.78 is 0. The van der Waals surface area contributed by atoms with Gasteiger partial charge in [0.1, 0.15) is 0 Å². The summed E-state index contributed by atoms with van der Waals surface area (Å²) in [5.41, 5.74) is 10.4. The first-order valence-electron chi connectivity index (χ1n) is 3.48. The quantitative estimate of drug-likeness (QED) is 0.561. The topological polar surface area (TPSA) is 52.0 Å². The van der Waals surface area contributed by atoms with E-state index in [9.17, 15) is 0 Å². The summed E-state index contributed by atoms with van der Waals surface area (Å²) in [6.07, 6.45) is 6.61. The molecule has 0 aromatic rings. The van der Waals surface area contributed by atoms with E-state index in [-0.39, 0.29) is 0 Å². The maximum absolute atomic E-state index is 5.21. The van der Waals surface area contributed by atoms with Crippen molar-refractivity contribution < 1.29 is 0 Å². The van der Waals surface area contributed by atoms with Crippen molar-refractivity contribution in [1.82, 2.24) is 0 Å². The van der Waals surface area contributed by atoms with Crippen LogP contribution >= 0.6 is 0 Å². The third-order valence-electron chi connectivity index (χ3n) is 1.19. The summed E-state index contributed by atoms with van der Waals surface area (Å²) in [4.78, 5) is 0. The molecule has 0 saturated carbocycles. The van der Waals surface area contributed by atoms with Crippen LogP contribution in [0.25, 0.3) is 0 Å². The van der Waals surface area contributed by atoms with Gasteiger partial charge in [-0.1, -0.05) is 19.8 Å². The van der Waals surface area contributed by atoms with E-state index in [0.717, 1.165) is 6.42 Å². The molecule has 0 aliphatic carbocycles. The fraction of sp³-hybridized carbons (Fsp3) is 0.714. The molecule has 0 saturated heterocycles. The van der Waals surface area contributed by atoms with Crippen molar-refractivity contribution in [3.63, 3.8) is 0 Å². The molecule has 0 aliphatic rings. The van der Waals surface area contributed by atoms with E-state index in [1.807, 2.05) is 6.08 Å². The third-order valence-corrected chi connectivity index (χ3v) is 1.19. The molecule has 0 bridgehead atoms. The Bertz CT molecular complexity index is 82.9. The molecule has 2 heteroatoms. The van der Waals surface area contributed by atoms with E-state index < -0.39 is 0 Å². The first-order valence-corrected chi connectivity index (χ1v) is 3.48. The summed E-state index contributed by atoms with van der Waals surface area (Å²) >= 11 is 0. The lowest BCUT2D eigenvalue weighted by Gasteiger charge is -1.92. The van der Waals surface area contributed by atoms with E-state index in [1.165, 1.54) is 19.3 Å². The van der Waals surface area contributed by atoms with Crippen LogP contribution in [0.3, 0.4) is 0 Å². The highest BCUT2D eigenvalue weighted by atomic mass is 14.8. The molecule has 0 amide bonds. The van der Waals surface area contributed by atoms with Gasteiger partial charge in [0.2, 0.25) is 0 Å². The summed E-state index contributed by atoms with van der Waals surface area (Å²) in [6.45, 7) is 2.18. The van der Waals surface area contributed by atoms with Crippen molar-refractivity contribution in [2.24, 2.45) is 11.5 Å². The molecule has 2 nitrogen and oxygen atoms in total. The molecule has 0 radical (unpaired) electrons. The molecular formula is C7H16N2. The predicted octanol–water partition coefficient (Wildman–Crippen LogP) is 1.33. The van der Waals surface area contributed by atoms with Crippen LogP contribution in [-0.2, 0) is 0 Å². The van der Waals surface area contributed by atoms with E-state index in [0.29, 0.717) is 5.82 Å². The van der Waals surface area contributed by atoms with Gasteiger partial charge < -0.3 is 11.5 Å². The second-order valence-corrected chi connectivity index (χ2v) is 2.20. The molecule has 0 rings (SSSR count). The Labute approximate surface area is 56.9 Å². The van der Waals surface area contributed by atoms with Crippen LogP contribution in [0, 0.1) is 0 Å². The summed E-state index contributed by atoms with van der Waals surface area (Å²) in [6, 6.07) is 0. The predicted molar refractivity (Wildman–Crippen MR) is 40.6 cm³/mol. The van der Waals surface area contributed by atoms with Crippen LogP contribution in [0.1, 0.15) is 32.6 Å². The average Bonchev–Trinajstić information content (AvgIpc) is 1.80. The molecular weight excluding hydrogens is 112 g/mol. The minimum atomic E-state index is 0.450. The first-order chi connectivity index (χ1) is 4.27. The van der Waals surface area contributed by atoms with Gasteiger partial charge in [-0.2, -0.15) is 0 Å². The van der Waals surface area contributed by atoms with Crippen molar-refractivity contribution in [3.05, 3.63) is 11.9 Å². The van der Waals surface area contributed by atoms with Gasteiger partial charge in [-0.05, 0) is 18.9 Å². The smallest absolute Gasteiger partial charge is 0.0892 e. The van der Waals surface area contributed by atoms with Gasteiger partial charge in [0.25, 0.3) is 0 Å². The Hall–Kier alpha value is -0.660. The van der Waals surface area contributed by atoms with Crippen LogP contribution in [0.5, 0.6) is 0 Å². The maximum Gasteiger partial charge on any atom is 0.0892 e. The Kier molecular flexibility index (Phi) is 5.07. The largest absolute Gasteiger partial charge is 0.386 e. The number of unbranched alkanes of at least 4 members (excludes halogenated alkanes) is 3. The molecule has 0 fully saturated rings. The lowest BCUT2D eigenvalue weighted by molar-refractivity contribution is 0.726. The average molecular weight is 128 g/mol. The minimum Gasteiger partial charge on any atom is -0.386 e. The van der Waals surface area contributed by atoms with Crippen LogP contribution in [0.4, 0.5) is 0 Å². The Balaban J connectivity index is 3.00. The lowest BCUT2D eigenvalue weighted by Crippen LogP contribution is -2.07. The standard InChI is InChI=1S/C7H16N2/c1-2-3-4-5-6-7(8)9/h6H,2-5,8-9H2,1H3. The van der Waals surface area contributed by atoms with E-state index in [2.05, 4.69) is 6.92 Å². The molecule has 9 heavy (non-hydrogen) atoms. The van der Waals surface area contributed by atoms with Crippen LogP contribution < -0.4 is 11.5 Å². The normalized spacial score (nSPS) is 9.00. The second-order valence-electron chi connectivity index (χ2n) is 2.20. The van der Waals surface area contributed by atoms with Gasteiger partial charge in [0, 0.05) is 0 Å². The van der Waals surface area contributed by atoms with Gasteiger partial charge in [-0.25, -0.2) is 0 Å². The molecule has 0 aliphatic heterocycles. The highest BCUT2D eigenvalue weighted by molar-refractivity contribution is 4.88. The van der Waals surface area contributed by atoms with Gasteiger partial charge in [-0.15, -0.1) is 0 Å². The molecule has 54 valence electrons. The number of rotatable bonds is 4. The number of hydrogen-bond acceptors (Lipinski definition) is 2. The van der Waals surface area contributed by atoms with Crippen molar-refractivity contribution in [2.75, 3.05) is 0 Å². The van der Waals surface area contributed by atoms with Crippen molar-refractivity contribution in [2.45, 2.75) is 32.6 Å². The zero-order valence-electron chi connectivity index (χ0n) is 6.06. The molecule has 0 aromatic carbocycles. The van der Waals surface area contributed by atoms with E-state index in [1.54, 1.807) is 0 Å². The molecule has 0 aromatic heterocycles. The zero-order chi connectivity index (χ0) is 7.11. The molecule has 0 heterocycles. The first kappa shape index (κ1) is 8.34. The lowest BCUT2D eigenvalue weighted by atomic mass is 10.2. The molecule has 4 N–H and O–H groups in total. The van der Waals surface area contributed by atoms with Crippen molar-refractivity contribution in [3.8, 4) is 0 Å². The number of allylic oxidation sites excluding steroid dienone is 1. The Morgan fingerprint density at radius 1 is 1.33 bits per heavy atom. The van der Waals surface area contributed by atoms with Gasteiger partial charge in [-0.3, -0.25) is 0 Å². The van der Waals surface area contributed by atoms with Crippen LogP contribution in [0.15, 0.2) is 11.9 Å². The number of hydrogen-bond donors (Lipinski definition) is 2. The van der Waals surface area contributed by atoms with Crippen molar-refractivity contribution in [1.29, 1.82) is 0 Å². The second kappa shape index (κ2) is 5.48. The van der Waals surface area contributed by atoms with E-state index >= 15 is 0 Å². The fourth-order valence-corrected chi connectivity index (χ4v) is 0.663. The minimum absolute atomic E-state index is 0.450.